The summed E-state index contributed by atoms with van der Waals surface area (Å²) in [7, 11) is 0. The van der Waals surface area contributed by atoms with Gasteiger partial charge >= 0.3 is 0 Å². The number of benzene rings is 1. The lowest BCUT2D eigenvalue weighted by molar-refractivity contribution is -0.139. The van der Waals surface area contributed by atoms with Crippen LogP contribution in [0.25, 0.3) is 5.69 Å². The molecule has 2 amide bonds. The fourth-order valence-electron chi connectivity index (χ4n) is 3.25. The van der Waals surface area contributed by atoms with Crippen LogP contribution in [0.3, 0.4) is 0 Å². The van der Waals surface area contributed by atoms with Crippen molar-refractivity contribution in [2.75, 3.05) is 6.54 Å². The maximum absolute atomic E-state index is 12.6. The zero-order chi connectivity index (χ0) is 17.8. The third-order valence-corrected chi connectivity index (χ3v) is 4.52. The first-order valence-corrected chi connectivity index (χ1v) is 8.72. The Balaban J connectivity index is 1.61. The third-order valence-electron chi connectivity index (χ3n) is 4.52. The van der Waals surface area contributed by atoms with Crippen molar-refractivity contribution in [1.82, 2.24) is 20.0 Å². The first kappa shape index (κ1) is 17.2. The van der Waals surface area contributed by atoms with E-state index in [-0.39, 0.29) is 17.7 Å². The minimum absolute atomic E-state index is 0.0809. The van der Waals surface area contributed by atoms with Crippen molar-refractivity contribution < 1.29 is 9.59 Å². The summed E-state index contributed by atoms with van der Waals surface area (Å²) in [5.41, 5.74) is 1.99. The van der Waals surface area contributed by atoms with Gasteiger partial charge in [-0.2, -0.15) is 5.10 Å². The van der Waals surface area contributed by atoms with Gasteiger partial charge in [0.2, 0.25) is 11.8 Å². The number of likely N-dealkylation sites (tertiary alicyclic amines) is 1. The zero-order valence-corrected chi connectivity index (χ0v) is 14.7. The minimum atomic E-state index is -0.390. The average molecular weight is 340 g/mol. The number of carbonyl (C=O) groups is 2. The molecule has 3 rings (SSSR count). The van der Waals surface area contributed by atoms with Gasteiger partial charge in [-0.25, -0.2) is 4.68 Å². The number of hydrogen-bond acceptors (Lipinski definition) is 3. The van der Waals surface area contributed by atoms with Crippen LogP contribution in [0.15, 0.2) is 42.7 Å². The molecule has 1 aliphatic rings. The molecule has 1 aromatic heterocycles. The van der Waals surface area contributed by atoms with E-state index in [1.807, 2.05) is 50.4 Å². The van der Waals surface area contributed by atoms with Crippen LogP contribution in [-0.4, -0.2) is 39.1 Å². The summed E-state index contributed by atoms with van der Waals surface area (Å²) < 4.78 is 1.79. The highest BCUT2D eigenvalue weighted by molar-refractivity contribution is 5.88. The first-order chi connectivity index (χ1) is 12.1. The average Bonchev–Trinajstić information content (AvgIpc) is 3.26. The molecule has 1 atom stereocenters. The normalized spacial score (nSPS) is 15.6. The highest BCUT2D eigenvalue weighted by Gasteiger charge is 2.34. The lowest BCUT2D eigenvalue weighted by atomic mass is 10.0. The number of carbonyl (C=O) groups excluding carboxylic acids is 2. The van der Waals surface area contributed by atoms with E-state index in [1.165, 1.54) is 0 Å². The van der Waals surface area contributed by atoms with Crippen molar-refractivity contribution in [3.63, 3.8) is 0 Å². The van der Waals surface area contributed by atoms with Gasteiger partial charge in [0.1, 0.15) is 6.04 Å². The maximum Gasteiger partial charge on any atom is 0.243 e. The largest absolute Gasteiger partial charge is 0.350 e. The Bertz CT molecular complexity index is 722. The summed E-state index contributed by atoms with van der Waals surface area (Å²) in [5, 5.41) is 7.17. The molecule has 132 valence electrons. The number of amides is 2. The summed E-state index contributed by atoms with van der Waals surface area (Å²) in [6.45, 7) is 5.08. The molecule has 0 bridgehead atoms. The number of hydrogen-bond donors (Lipinski definition) is 1. The summed E-state index contributed by atoms with van der Waals surface area (Å²) in [6.07, 6.45) is 5.01. The Morgan fingerprint density at radius 1 is 1.28 bits per heavy atom. The molecule has 0 spiro atoms. The van der Waals surface area contributed by atoms with E-state index in [4.69, 9.17) is 0 Å². The molecule has 0 radical (unpaired) electrons. The predicted octanol–water partition coefficient (Wildman–Crippen LogP) is 2.14. The molecule has 1 N–H and O–H groups in total. The molecule has 2 heterocycles. The molecule has 0 saturated carbocycles. The molecule has 25 heavy (non-hydrogen) atoms. The highest BCUT2D eigenvalue weighted by atomic mass is 16.2. The van der Waals surface area contributed by atoms with Crippen molar-refractivity contribution in [3.05, 3.63) is 48.3 Å². The standard InChI is InChI=1S/C19H24N4O2/c1-14(2)18(22-11-3-5-17(22)24)19(25)20-13-15-6-8-16(9-7-15)23-12-4-10-21-23/h4,6-10,12,14,18H,3,5,11,13H2,1-2H3,(H,20,25)/t18-/m1/s1. The Labute approximate surface area is 147 Å². The molecule has 0 unspecified atom stereocenters. The van der Waals surface area contributed by atoms with Crippen LogP contribution in [0.1, 0.15) is 32.3 Å². The molecular weight excluding hydrogens is 316 g/mol. The highest BCUT2D eigenvalue weighted by Crippen LogP contribution is 2.19. The number of rotatable bonds is 6. The molecule has 1 aromatic carbocycles. The molecule has 1 fully saturated rings. The molecule has 1 aliphatic heterocycles. The predicted molar refractivity (Wildman–Crippen MR) is 95.0 cm³/mol. The second-order valence-electron chi connectivity index (χ2n) is 6.71. The van der Waals surface area contributed by atoms with Crippen LogP contribution in [0, 0.1) is 5.92 Å². The van der Waals surface area contributed by atoms with E-state index in [2.05, 4.69) is 10.4 Å². The Morgan fingerprint density at radius 2 is 2.04 bits per heavy atom. The number of nitrogens with one attached hydrogen (secondary N) is 1. The van der Waals surface area contributed by atoms with Gasteiger partial charge in [-0.15, -0.1) is 0 Å². The van der Waals surface area contributed by atoms with Crippen LogP contribution in [0.4, 0.5) is 0 Å². The lowest BCUT2D eigenvalue weighted by Crippen LogP contribution is -2.50. The first-order valence-electron chi connectivity index (χ1n) is 8.72. The smallest absolute Gasteiger partial charge is 0.243 e. The summed E-state index contributed by atoms with van der Waals surface area (Å²) in [5.74, 6) is 0.0862. The van der Waals surface area contributed by atoms with Gasteiger partial charge in [0.15, 0.2) is 0 Å². The number of nitrogens with zero attached hydrogens (tertiary/aromatic N) is 3. The van der Waals surface area contributed by atoms with Gasteiger partial charge in [-0.3, -0.25) is 9.59 Å². The van der Waals surface area contributed by atoms with E-state index in [9.17, 15) is 9.59 Å². The van der Waals surface area contributed by atoms with E-state index in [1.54, 1.807) is 15.8 Å². The monoisotopic (exact) mass is 340 g/mol. The van der Waals surface area contributed by atoms with Gasteiger partial charge in [0.05, 0.1) is 5.69 Å². The van der Waals surface area contributed by atoms with E-state index in [0.29, 0.717) is 19.5 Å². The molecule has 6 heteroatoms. The summed E-state index contributed by atoms with van der Waals surface area (Å²) >= 11 is 0. The van der Waals surface area contributed by atoms with Gasteiger partial charge in [0.25, 0.3) is 0 Å². The van der Waals surface area contributed by atoms with Crippen LogP contribution in [0.2, 0.25) is 0 Å². The second kappa shape index (κ2) is 7.51. The fraction of sp³-hybridized carbons (Fsp3) is 0.421. The molecule has 1 saturated heterocycles. The molecule has 6 nitrogen and oxygen atoms in total. The quantitative estimate of drug-likeness (QED) is 0.876. The SMILES string of the molecule is CC(C)[C@H](C(=O)NCc1ccc(-n2cccn2)cc1)N1CCCC1=O. The van der Waals surface area contributed by atoms with Crippen molar-refractivity contribution in [1.29, 1.82) is 0 Å². The Morgan fingerprint density at radius 3 is 2.60 bits per heavy atom. The summed E-state index contributed by atoms with van der Waals surface area (Å²) in [4.78, 5) is 26.3. The fourth-order valence-corrected chi connectivity index (χ4v) is 3.25. The number of aromatic nitrogens is 2. The van der Waals surface area contributed by atoms with Crippen LogP contribution < -0.4 is 5.32 Å². The van der Waals surface area contributed by atoms with Gasteiger partial charge < -0.3 is 10.2 Å². The zero-order valence-electron chi connectivity index (χ0n) is 14.7. The van der Waals surface area contributed by atoms with E-state index >= 15 is 0 Å². The summed E-state index contributed by atoms with van der Waals surface area (Å²) in [6, 6.07) is 9.38. The van der Waals surface area contributed by atoms with Gasteiger partial charge in [-0.05, 0) is 36.1 Å². The Hall–Kier alpha value is -2.63. The second-order valence-corrected chi connectivity index (χ2v) is 6.71. The Kier molecular flexibility index (Phi) is 5.16. The topological polar surface area (TPSA) is 67.2 Å². The van der Waals surface area contributed by atoms with Crippen LogP contribution in [0.5, 0.6) is 0 Å². The molecule has 2 aromatic rings. The van der Waals surface area contributed by atoms with Crippen molar-refractivity contribution in [3.8, 4) is 5.69 Å². The minimum Gasteiger partial charge on any atom is -0.350 e. The lowest BCUT2D eigenvalue weighted by Gasteiger charge is -2.29. The molecule has 0 aliphatic carbocycles. The van der Waals surface area contributed by atoms with Crippen LogP contribution in [-0.2, 0) is 16.1 Å². The van der Waals surface area contributed by atoms with Gasteiger partial charge in [0, 0.05) is 31.9 Å². The van der Waals surface area contributed by atoms with Crippen molar-refractivity contribution in [2.45, 2.75) is 39.3 Å². The van der Waals surface area contributed by atoms with Crippen LogP contribution >= 0.6 is 0 Å². The van der Waals surface area contributed by atoms with E-state index < -0.39 is 6.04 Å². The maximum atomic E-state index is 12.6. The molecular formula is C19H24N4O2. The van der Waals surface area contributed by atoms with Crippen molar-refractivity contribution in [2.24, 2.45) is 5.92 Å². The third kappa shape index (κ3) is 3.90. The van der Waals surface area contributed by atoms with Gasteiger partial charge in [-0.1, -0.05) is 26.0 Å². The van der Waals surface area contributed by atoms with Crippen molar-refractivity contribution >= 4 is 11.8 Å². The van der Waals surface area contributed by atoms with E-state index in [0.717, 1.165) is 17.7 Å².